The van der Waals surface area contributed by atoms with Gasteiger partial charge in [-0.15, -0.1) is 0 Å². The minimum atomic E-state index is 0.307. The van der Waals surface area contributed by atoms with E-state index < -0.39 is 0 Å². The van der Waals surface area contributed by atoms with E-state index in [4.69, 9.17) is 9.47 Å². The summed E-state index contributed by atoms with van der Waals surface area (Å²) in [4.78, 5) is 0. The van der Waals surface area contributed by atoms with Crippen LogP contribution in [0.1, 0.15) is 33.6 Å². The summed E-state index contributed by atoms with van der Waals surface area (Å²) in [6.45, 7) is 7.25. The molecule has 0 aliphatic carbocycles. The van der Waals surface area contributed by atoms with Crippen molar-refractivity contribution in [2.45, 2.75) is 57.9 Å². The summed E-state index contributed by atoms with van der Waals surface area (Å²) in [6, 6.07) is 0.965. The van der Waals surface area contributed by atoms with Gasteiger partial charge in [0.1, 0.15) is 0 Å². The van der Waals surface area contributed by atoms with Crippen molar-refractivity contribution in [1.82, 2.24) is 5.32 Å². The summed E-state index contributed by atoms with van der Waals surface area (Å²) >= 11 is 0. The molecule has 3 nitrogen and oxygen atoms in total. The Balaban J connectivity index is 2.26. The van der Waals surface area contributed by atoms with Gasteiger partial charge in [-0.1, -0.05) is 13.8 Å². The van der Waals surface area contributed by atoms with Crippen LogP contribution in [0.15, 0.2) is 0 Å². The van der Waals surface area contributed by atoms with Gasteiger partial charge in [-0.2, -0.15) is 0 Å². The van der Waals surface area contributed by atoms with Gasteiger partial charge in [0.25, 0.3) is 0 Å². The largest absolute Gasteiger partial charge is 0.382 e. The molecule has 0 aromatic heterocycles. The summed E-state index contributed by atoms with van der Waals surface area (Å²) in [5.41, 5.74) is 0. The molecule has 0 spiro atoms. The molecule has 1 aliphatic heterocycles. The van der Waals surface area contributed by atoms with Crippen molar-refractivity contribution >= 4 is 0 Å². The fourth-order valence-electron chi connectivity index (χ4n) is 2.04. The van der Waals surface area contributed by atoms with Crippen LogP contribution in [-0.4, -0.2) is 38.0 Å². The van der Waals surface area contributed by atoms with Gasteiger partial charge in [-0.3, -0.25) is 0 Å². The molecule has 3 unspecified atom stereocenters. The normalized spacial score (nSPS) is 29.8. The fourth-order valence-corrected chi connectivity index (χ4v) is 2.04. The number of hydrogen-bond acceptors (Lipinski definition) is 3. The maximum absolute atomic E-state index is 5.88. The highest BCUT2D eigenvalue weighted by Crippen LogP contribution is 2.22. The monoisotopic (exact) mass is 201 g/mol. The Bertz CT molecular complexity index is 161. The van der Waals surface area contributed by atoms with Crippen molar-refractivity contribution in [1.29, 1.82) is 0 Å². The summed E-state index contributed by atoms with van der Waals surface area (Å²) in [6.07, 6.45) is 2.94. The molecule has 1 heterocycles. The molecule has 1 fully saturated rings. The van der Waals surface area contributed by atoms with Gasteiger partial charge in [0.15, 0.2) is 0 Å². The maximum Gasteiger partial charge on any atom is 0.0813 e. The van der Waals surface area contributed by atoms with Crippen LogP contribution in [0.3, 0.4) is 0 Å². The fraction of sp³-hybridized carbons (Fsp3) is 1.00. The highest BCUT2D eigenvalue weighted by Gasteiger charge is 2.29. The van der Waals surface area contributed by atoms with Crippen LogP contribution in [0.5, 0.6) is 0 Å². The second kappa shape index (κ2) is 5.69. The van der Waals surface area contributed by atoms with Gasteiger partial charge in [0.05, 0.1) is 18.8 Å². The lowest BCUT2D eigenvalue weighted by atomic mass is 10.1. The zero-order chi connectivity index (χ0) is 10.6. The molecule has 3 atom stereocenters. The van der Waals surface area contributed by atoms with Crippen LogP contribution in [0.4, 0.5) is 0 Å². The number of methoxy groups -OCH3 is 1. The van der Waals surface area contributed by atoms with E-state index in [1.54, 1.807) is 7.11 Å². The minimum Gasteiger partial charge on any atom is -0.382 e. The lowest BCUT2D eigenvalue weighted by Crippen LogP contribution is -2.41. The predicted molar refractivity (Wildman–Crippen MR) is 57.5 cm³/mol. The number of rotatable bonds is 5. The van der Waals surface area contributed by atoms with Crippen LogP contribution in [0.2, 0.25) is 0 Å². The molecule has 0 bridgehead atoms. The standard InChI is InChI=1S/C11H23NO2/c1-8(2)12-9(3)11-6-5-10(14-11)7-13-4/h8-12H,5-7H2,1-4H3. The lowest BCUT2D eigenvalue weighted by molar-refractivity contribution is -0.0138. The van der Waals surface area contributed by atoms with Crippen LogP contribution in [-0.2, 0) is 9.47 Å². The van der Waals surface area contributed by atoms with Gasteiger partial charge in [-0.05, 0) is 19.8 Å². The molecule has 0 saturated carbocycles. The van der Waals surface area contributed by atoms with Crippen LogP contribution >= 0.6 is 0 Å². The molecule has 0 radical (unpaired) electrons. The van der Waals surface area contributed by atoms with Crippen LogP contribution in [0.25, 0.3) is 0 Å². The van der Waals surface area contributed by atoms with E-state index in [1.807, 2.05) is 0 Å². The van der Waals surface area contributed by atoms with Gasteiger partial charge >= 0.3 is 0 Å². The number of ether oxygens (including phenoxy) is 2. The first-order valence-electron chi connectivity index (χ1n) is 5.54. The second-order valence-electron chi connectivity index (χ2n) is 4.44. The third-order valence-corrected chi connectivity index (χ3v) is 2.65. The number of nitrogens with one attached hydrogen (secondary N) is 1. The molecular formula is C11H23NO2. The van der Waals surface area contributed by atoms with Crippen molar-refractivity contribution in [3.05, 3.63) is 0 Å². The highest BCUT2D eigenvalue weighted by atomic mass is 16.5. The summed E-state index contributed by atoms with van der Waals surface area (Å²) in [7, 11) is 1.73. The van der Waals surface area contributed by atoms with Crippen molar-refractivity contribution < 1.29 is 9.47 Å². The predicted octanol–water partition coefficient (Wildman–Crippen LogP) is 1.57. The van der Waals surface area contributed by atoms with E-state index in [1.165, 1.54) is 0 Å². The summed E-state index contributed by atoms with van der Waals surface area (Å²) < 4.78 is 11.0. The first-order valence-corrected chi connectivity index (χ1v) is 5.54. The topological polar surface area (TPSA) is 30.5 Å². The van der Waals surface area contributed by atoms with Gasteiger partial charge in [-0.25, -0.2) is 0 Å². The van der Waals surface area contributed by atoms with E-state index in [9.17, 15) is 0 Å². The zero-order valence-electron chi connectivity index (χ0n) is 9.75. The molecular weight excluding hydrogens is 178 g/mol. The Morgan fingerprint density at radius 2 is 2.07 bits per heavy atom. The zero-order valence-corrected chi connectivity index (χ0v) is 9.75. The minimum absolute atomic E-state index is 0.307. The van der Waals surface area contributed by atoms with Gasteiger partial charge < -0.3 is 14.8 Å². The average Bonchev–Trinajstić information content (AvgIpc) is 2.52. The quantitative estimate of drug-likeness (QED) is 0.732. The molecule has 1 saturated heterocycles. The Kier molecular flexibility index (Phi) is 4.85. The Hall–Kier alpha value is -0.120. The maximum atomic E-state index is 5.88. The molecule has 84 valence electrons. The van der Waals surface area contributed by atoms with E-state index in [0.717, 1.165) is 19.4 Å². The van der Waals surface area contributed by atoms with E-state index >= 15 is 0 Å². The molecule has 1 aliphatic rings. The molecule has 1 N–H and O–H groups in total. The Labute approximate surface area is 87.2 Å². The molecule has 14 heavy (non-hydrogen) atoms. The first kappa shape index (κ1) is 12.0. The third kappa shape index (κ3) is 3.56. The average molecular weight is 201 g/mol. The van der Waals surface area contributed by atoms with E-state index in [2.05, 4.69) is 26.1 Å². The number of hydrogen-bond donors (Lipinski definition) is 1. The molecule has 0 amide bonds. The van der Waals surface area contributed by atoms with Gasteiger partial charge in [0, 0.05) is 19.2 Å². The van der Waals surface area contributed by atoms with Crippen molar-refractivity contribution in [3.63, 3.8) is 0 Å². The SMILES string of the molecule is COCC1CCC(C(C)NC(C)C)O1. The van der Waals surface area contributed by atoms with E-state index in [0.29, 0.717) is 24.3 Å². The van der Waals surface area contributed by atoms with Crippen molar-refractivity contribution in [2.75, 3.05) is 13.7 Å². The summed E-state index contributed by atoms with van der Waals surface area (Å²) in [5, 5.41) is 3.48. The van der Waals surface area contributed by atoms with Crippen molar-refractivity contribution in [3.8, 4) is 0 Å². The highest BCUT2D eigenvalue weighted by molar-refractivity contribution is 4.82. The van der Waals surface area contributed by atoms with E-state index in [-0.39, 0.29) is 0 Å². The summed E-state index contributed by atoms with van der Waals surface area (Å²) in [5.74, 6) is 0. The first-order chi connectivity index (χ1) is 6.63. The Morgan fingerprint density at radius 1 is 1.36 bits per heavy atom. The molecule has 0 aromatic carbocycles. The molecule has 1 rings (SSSR count). The van der Waals surface area contributed by atoms with Crippen LogP contribution in [0, 0.1) is 0 Å². The molecule has 3 heteroatoms. The Morgan fingerprint density at radius 3 is 2.64 bits per heavy atom. The second-order valence-corrected chi connectivity index (χ2v) is 4.44. The van der Waals surface area contributed by atoms with Gasteiger partial charge in [0.2, 0.25) is 0 Å². The van der Waals surface area contributed by atoms with Crippen LogP contribution < -0.4 is 5.32 Å². The third-order valence-electron chi connectivity index (χ3n) is 2.65. The van der Waals surface area contributed by atoms with Crippen molar-refractivity contribution in [2.24, 2.45) is 0 Å². The smallest absolute Gasteiger partial charge is 0.0813 e. The molecule has 0 aromatic rings. The lowest BCUT2D eigenvalue weighted by Gasteiger charge is -2.23.